The molecule has 0 unspecified atom stereocenters. The van der Waals surface area contributed by atoms with Gasteiger partial charge in [0.25, 0.3) is 0 Å². The number of nitrogens with zero attached hydrogens (tertiary/aromatic N) is 4. The summed E-state index contributed by atoms with van der Waals surface area (Å²) in [4.78, 5) is 11.0. The second kappa shape index (κ2) is 17.1. The molecule has 0 atom stereocenters. The van der Waals surface area contributed by atoms with E-state index in [0.717, 1.165) is 33.7 Å². The summed E-state index contributed by atoms with van der Waals surface area (Å²) in [6.45, 7) is 21.6. The van der Waals surface area contributed by atoms with Gasteiger partial charge in [0.2, 0.25) is 0 Å². The van der Waals surface area contributed by atoms with Gasteiger partial charge in [-0.3, -0.25) is 0 Å². The van der Waals surface area contributed by atoms with Gasteiger partial charge in [-0.25, -0.2) is 0 Å². The summed E-state index contributed by atoms with van der Waals surface area (Å²) in [5, 5.41) is -0.965. The molecule has 4 heterocycles. The van der Waals surface area contributed by atoms with E-state index in [9.17, 15) is 0 Å². The van der Waals surface area contributed by atoms with Gasteiger partial charge in [-0.15, -0.1) is 0 Å². The number of rotatable bonds is 4. The number of benzene rings is 6. The summed E-state index contributed by atoms with van der Waals surface area (Å²) in [6.07, 6.45) is 0. The molecule has 2 spiro atoms. The third kappa shape index (κ3) is 8.07. The highest BCUT2D eigenvalue weighted by molar-refractivity contribution is 7.66. The maximum Gasteiger partial charge on any atom is 0.847 e. The van der Waals surface area contributed by atoms with Crippen molar-refractivity contribution in [3.8, 4) is 23.0 Å². The number of para-hydroxylation sites is 4. The monoisotopic (exact) mass is 948 g/mol. The van der Waals surface area contributed by atoms with Crippen LogP contribution >= 0.6 is 14.6 Å². The molecule has 14 heteroatoms. The molecule has 10 rings (SSSR count). The van der Waals surface area contributed by atoms with Gasteiger partial charge in [-0.1, -0.05) is 180 Å². The minimum atomic E-state index is -2.50. The molecule has 0 saturated heterocycles. The average molecular weight is 949 g/mol. The second-order valence-corrected chi connectivity index (χ2v) is 30.1. The van der Waals surface area contributed by atoms with Gasteiger partial charge in [0.05, 0.1) is 0 Å². The standard InChI is InChI=1S/2C27H32BN2O3P/c2*1-26(2,3)34(27(4,5)6)29-30(28(33-34)31-23-19-13-14-20-24(23)32-28)25(21-15-9-7-10-16-21)22-17-11-8-12-18-22/h2*7-20H,1-6H3. The Morgan fingerprint density at radius 1 is 0.338 bits per heavy atom. The van der Waals surface area contributed by atoms with Crippen LogP contribution in [0.15, 0.2) is 180 Å². The van der Waals surface area contributed by atoms with Crippen molar-refractivity contribution < 1.29 is 36.7 Å². The van der Waals surface area contributed by atoms with E-state index in [-0.39, 0.29) is 20.6 Å². The Morgan fingerprint density at radius 2 is 0.544 bits per heavy atom. The first kappa shape index (κ1) is 47.4. The van der Waals surface area contributed by atoms with E-state index in [2.05, 4.69) is 132 Å². The lowest BCUT2D eigenvalue weighted by Crippen LogP contribution is -2.56. The van der Waals surface area contributed by atoms with Crippen LogP contribution in [0.5, 0.6) is 23.0 Å². The zero-order valence-corrected chi connectivity index (χ0v) is 43.2. The molecule has 0 aliphatic carbocycles. The highest BCUT2D eigenvalue weighted by Crippen LogP contribution is 2.75. The molecule has 0 aromatic heterocycles. The van der Waals surface area contributed by atoms with Gasteiger partial charge >= 0.3 is 13.8 Å². The van der Waals surface area contributed by atoms with Gasteiger partial charge < -0.3 is 27.5 Å². The normalized spacial score (nSPS) is 18.1. The van der Waals surface area contributed by atoms with Crippen LogP contribution in [0.1, 0.15) is 105 Å². The third-order valence-electron chi connectivity index (χ3n) is 12.7. The first-order chi connectivity index (χ1) is 32.1. The Morgan fingerprint density at radius 3 is 0.750 bits per heavy atom. The fourth-order valence-corrected chi connectivity index (χ4v) is 18.6. The molecule has 4 aliphatic heterocycles. The average Bonchev–Trinajstić information content (AvgIpc) is 4.06. The molecular weight excluding hydrogens is 884 g/mol. The maximum atomic E-state index is 7.11. The van der Waals surface area contributed by atoms with E-state index in [4.69, 9.17) is 37.2 Å². The summed E-state index contributed by atoms with van der Waals surface area (Å²) in [5.74, 6) is 2.69. The summed E-state index contributed by atoms with van der Waals surface area (Å²) >= 11 is 0. The predicted molar refractivity (Wildman–Crippen MR) is 279 cm³/mol. The van der Waals surface area contributed by atoms with Crippen molar-refractivity contribution in [1.82, 2.24) is 0 Å². The van der Waals surface area contributed by atoms with Gasteiger partial charge in [-0.05, 0) is 82.5 Å². The van der Waals surface area contributed by atoms with E-state index in [1.54, 1.807) is 0 Å². The maximum absolute atomic E-state index is 7.11. The van der Waals surface area contributed by atoms with Gasteiger partial charge in [-0.2, -0.15) is 9.19 Å². The first-order valence-corrected chi connectivity index (χ1v) is 26.9. The van der Waals surface area contributed by atoms with E-state index in [0.29, 0.717) is 23.0 Å². The van der Waals surface area contributed by atoms with Crippen LogP contribution in [0.3, 0.4) is 0 Å². The lowest BCUT2D eigenvalue weighted by atomic mass is 9.93. The third-order valence-corrected chi connectivity index (χ3v) is 22.0. The lowest BCUT2D eigenvalue weighted by Gasteiger charge is -2.43. The summed E-state index contributed by atoms with van der Waals surface area (Å²) in [7, 11) is -5.00. The van der Waals surface area contributed by atoms with Crippen molar-refractivity contribution in [1.29, 1.82) is 0 Å². The molecule has 4 aliphatic rings. The Bertz CT molecular complexity index is 2660. The SMILES string of the molecule is CC(C)(C)P1(C(C)(C)C)=N[N+](=C(c2ccccc2)c2ccccc2)[B-]2(Oc3ccccc3O2)O1.CC(C)(C)P1(C(C)(C)C)=N[N+](=C(c2ccccc2)c2ccccc2)[B-]2(Oc3ccccc3O2)O1. The Hall–Kier alpha value is -5.63. The zero-order valence-electron chi connectivity index (χ0n) is 41.5. The largest absolute Gasteiger partial charge is 0.847 e. The molecule has 0 radical (unpaired) electrons. The van der Waals surface area contributed by atoms with Gasteiger partial charge in [0, 0.05) is 42.9 Å². The van der Waals surface area contributed by atoms with Crippen LogP contribution in [-0.4, -0.2) is 55.0 Å². The Labute approximate surface area is 403 Å². The molecule has 10 nitrogen and oxygen atoms in total. The van der Waals surface area contributed by atoms with E-state index in [1.165, 1.54) is 0 Å². The summed E-state index contributed by atoms with van der Waals surface area (Å²) in [5.41, 5.74) is 5.90. The van der Waals surface area contributed by atoms with Crippen LogP contribution < -0.4 is 18.6 Å². The zero-order chi connectivity index (χ0) is 48.4. The Kier molecular flexibility index (Phi) is 11.9. The Balaban J connectivity index is 0.000000170. The van der Waals surface area contributed by atoms with Crippen LogP contribution in [0.2, 0.25) is 0 Å². The summed E-state index contributed by atoms with van der Waals surface area (Å²) in [6, 6.07) is 56.6. The topological polar surface area (TPSA) is 86.1 Å². The van der Waals surface area contributed by atoms with Crippen LogP contribution in [0.25, 0.3) is 0 Å². The van der Waals surface area contributed by atoms with E-state index < -0.39 is 28.3 Å². The van der Waals surface area contributed by atoms with Crippen molar-refractivity contribution in [2.75, 3.05) is 0 Å². The molecule has 0 bridgehead atoms. The van der Waals surface area contributed by atoms with Crippen LogP contribution in [-0.2, 0) is 8.88 Å². The van der Waals surface area contributed by atoms with Crippen molar-refractivity contribution in [2.24, 2.45) is 9.71 Å². The fraction of sp³-hybridized carbons (Fsp3) is 0.296. The minimum absolute atomic E-state index is 0.241. The minimum Gasteiger partial charge on any atom is -0.591 e. The number of hydrogen-bond acceptors (Lipinski definition) is 8. The predicted octanol–water partition coefficient (Wildman–Crippen LogP) is 14.2. The number of hydrogen-bond donors (Lipinski definition) is 0. The first-order valence-electron chi connectivity index (χ1n) is 23.6. The number of fused-ring (bicyclic) bond motifs is 2. The lowest BCUT2D eigenvalue weighted by molar-refractivity contribution is -0.435. The molecule has 0 N–H and O–H groups in total. The highest BCUT2D eigenvalue weighted by Gasteiger charge is 2.71. The van der Waals surface area contributed by atoms with Crippen molar-refractivity contribution in [3.63, 3.8) is 0 Å². The van der Waals surface area contributed by atoms with Gasteiger partial charge in [0.1, 0.15) is 37.6 Å². The van der Waals surface area contributed by atoms with Crippen molar-refractivity contribution >= 4 is 39.8 Å². The van der Waals surface area contributed by atoms with Crippen molar-refractivity contribution in [3.05, 3.63) is 192 Å². The van der Waals surface area contributed by atoms with Crippen molar-refractivity contribution in [2.45, 2.75) is 104 Å². The molecule has 6 aromatic carbocycles. The summed E-state index contributed by atoms with van der Waals surface area (Å²) < 4.78 is 44.5. The van der Waals surface area contributed by atoms with Crippen LogP contribution in [0.4, 0.5) is 0 Å². The highest BCUT2D eigenvalue weighted by atomic mass is 31.2. The molecule has 0 fully saturated rings. The smallest absolute Gasteiger partial charge is 0.591 e. The fourth-order valence-electron chi connectivity index (χ4n) is 10.0. The van der Waals surface area contributed by atoms with E-state index >= 15 is 0 Å². The molecular formula is C54H64B2N4O6P2. The molecule has 352 valence electrons. The van der Waals surface area contributed by atoms with Gasteiger partial charge in [0.15, 0.2) is 11.4 Å². The van der Waals surface area contributed by atoms with E-state index in [1.807, 2.05) is 131 Å². The second-order valence-electron chi connectivity index (χ2n) is 21.7. The molecule has 0 amide bonds. The van der Waals surface area contributed by atoms with Crippen LogP contribution in [0, 0.1) is 0 Å². The molecule has 0 saturated carbocycles. The quantitative estimate of drug-likeness (QED) is 0.129. The molecule has 68 heavy (non-hydrogen) atoms. The molecule has 6 aromatic rings.